The summed E-state index contributed by atoms with van der Waals surface area (Å²) in [5.74, 6) is 0.781. The van der Waals surface area contributed by atoms with Gasteiger partial charge in [0.2, 0.25) is 0 Å². The molecule has 0 saturated carbocycles. The summed E-state index contributed by atoms with van der Waals surface area (Å²) in [4.78, 5) is 0. The summed E-state index contributed by atoms with van der Waals surface area (Å²) in [5, 5.41) is 3.42. The molecule has 1 heteroatoms. The van der Waals surface area contributed by atoms with Crippen LogP contribution in [-0.4, -0.2) is 7.05 Å². The molecule has 0 bridgehead atoms. The summed E-state index contributed by atoms with van der Waals surface area (Å²) in [6.45, 7) is 6.78. The van der Waals surface area contributed by atoms with E-state index in [0.29, 0.717) is 6.04 Å². The molecule has 0 spiro atoms. The standard InChI is InChI=1S/C15H25N/c1-5-12(3)11-15(16-4)14-9-7-13(6-2)8-10-14/h7-10,12,15-16H,5-6,11H2,1-4H3. The summed E-state index contributed by atoms with van der Waals surface area (Å²) in [6, 6.07) is 9.53. The lowest BCUT2D eigenvalue weighted by atomic mass is 9.94. The predicted molar refractivity (Wildman–Crippen MR) is 71.7 cm³/mol. The number of nitrogens with one attached hydrogen (secondary N) is 1. The van der Waals surface area contributed by atoms with E-state index in [0.717, 1.165) is 12.3 Å². The molecule has 0 aliphatic rings. The zero-order valence-corrected chi connectivity index (χ0v) is 11.1. The minimum Gasteiger partial charge on any atom is -0.313 e. The SMILES string of the molecule is CCc1ccc(C(CC(C)CC)NC)cc1. The third kappa shape index (κ3) is 3.64. The first kappa shape index (κ1) is 13.2. The average molecular weight is 219 g/mol. The third-order valence-electron chi connectivity index (χ3n) is 3.47. The average Bonchev–Trinajstić information content (AvgIpc) is 2.35. The first-order chi connectivity index (χ1) is 7.71. The molecular weight excluding hydrogens is 194 g/mol. The van der Waals surface area contributed by atoms with Crippen LogP contribution in [0.4, 0.5) is 0 Å². The monoisotopic (exact) mass is 219 g/mol. The Morgan fingerprint density at radius 1 is 1.12 bits per heavy atom. The van der Waals surface area contributed by atoms with Gasteiger partial charge < -0.3 is 5.32 Å². The van der Waals surface area contributed by atoms with Crippen molar-refractivity contribution in [1.29, 1.82) is 0 Å². The maximum atomic E-state index is 3.42. The van der Waals surface area contributed by atoms with Crippen molar-refractivity contribution >= 4 is 0 Å². The van der Waals surface area contributed by atoms with E-state index in [1.807, 2.05) is 0 Å². The Hall–Kier alpha value is -0.820. The van der Waals surface area contributed by atoms with Crippen LogP contribution in [0.1, 0.15) is 50.8 Å². The molecule has 0 aliphatic heterocycles. The molecule has 2 atom stereocenters. The fraction of sp³-hybridized carbons (Fsp3) is 0.600. The molecule has 0 amide bonds. The summed E-state index contributed by atoms with van der Waals surface area (Å²) in [5.41, 5.74) is 2.84. The highest BCUT2D eigenvalue weighted by molar-refractivity contribution is 5.25. The lowest BCUT2D eigenvalue weighted by molar-refractivity contribution is 0.422. The first-order valence-corrected chi connectivity index (χ1v) is 6.47. The van der Waals surface area contributed by atoms with Gasteiger partial charge in [0.1, 0.15) is 0 Å². The first-order valence-electron chi connectivity index (χ1n) is 6.47. The summed E-state index contributed by atoms with van der Waals surface area (Å²) >= 11 is 0. The van der Waals surface area contributed by atoms with Crippen molar-refractivity contribution in [3.05, 3.63) is 35.4 Å². The molecule has 90 valence electrons. The molecule has 0 heterocycles. The minimum absolute atomic E-state index is 0.501. The molecule has 0 fully saturated rings. The topological polar surface area (TPSA) is 12.0 Å². The summed E-state index contributed by atoms with van der Waals surface area (Å²) in [7, 11) is 2.06. The Bertz CT molecular complexity index is 289. The Morgan fingerprint density at radius 2 is 1.75 bits per heavy atom. The Kier molecular flexibility index (Phi) is 5.54. The quantitative estimate of drug-likeness (QED) is 0.764. The van der Waals surface area contributed by atoms with Crippen molar-refractivity contribution in [2.24, 2.45) is 5.92 Å². The van der Waals surface area contributed by atoms with Crippen molar-refractivity contribution in [3.8, 4) is 0 Å². The maximum Gasteiger partial charge on any atom is 0.0320 e. The van der Waals surface area contributed by atoms with Gasteiger partial charge in [-0.3, -0.25) is 0 Å². The second kappa shape index (κ2) is 6.70. The molecule has 1 aromatic carbocycles. The van der Waals surface area contributed by atoms with Crippen LogP contribution in [0, 0.1) is 5.92 Å². The van der Waals surface area contributed by atoms with E-state index in [9.17, 15) is 0 Å². The van der Waals surface area contributed by atoms with Gasteiger partial charge in [-0.05, 0) is 36.9 Å². The van der Waals surface area contributed by atoms with Gasteiger partial charge in [0.15, 0.2) is 0 Å². The fourth-order valence-electron chi connectivity index (χ4n) is 1.98. The van der Waals surface area contributed by atoms with Crippen molar-refractivity contribution in [2.75, 3.05) is 7.05 Å². The molecule has 0 aliphatic carbocycles. The highest BCUT2D eigenvalue weighted by atomic mass is 14.9. The molecular formula is C15H25N. The maximum absolute atomic E-state index is 3.42. The lowest BCUT2D eigenvalue weighted by Crippen LogP contribution is -2.18. The van der Waals surface area contributed by atoms with E-state index < -0.39 is 0 Å². The molecule has 1 rings (SSSR count). The third-order valence-corrected chi connectivity index (χ3v) is 3.47. The van der Waals surface area contributed by atoms with Crippen LogP contribution in [0.15, 0.2) is 24.3 Å². The van der Waals surface area contributed by atoms with Crippen molar-refractivity contribution in [1.82, 2.24) is 5.32 Å². The van der Waals surface area contributed by atoms with Crippen LogP contribution in [0.5, 0.6) is 0 Å². The number of hydrogen-bond acceptors (Lipinski definition) is 1. The van der Waals surface area contributed by atoms with E-state index in [4.69, 9.17) is 0 Å². The lowest BCUT2D eigenvalue weighted by Gasteiger charge is -2.20. The smallest absolute Gasteiger partial charge is 0.0320 e. The van der Waals surface area contributed by atoms with E-state index >= 15 is 0 Å². The van der Waals surface area contributed by atoms with Crippen LogP contribution in [0.2, 0.25) is 0 Å². The molecule has 16 heavy (non-hydrogen) atoms. The van der Waals surface area contributed by atoms with Crippen molar-refractivity contribution in [3.63, 3.8) is 0 Å². The summed E-state index contributed by atoms with van der Waals surface area (Å²) in [6.07, 6.45) is 3.60. The van der Waals surface area contributed by atoms with Gasteiger partial charge in [0, 0.05) is 6.04 Å². The van der Waals surface area contributed by atoms with Gasteiger partial charge >= 0.3 is 0 Å². The van der Waals surface area contributed by atoms with E-state index in [-0.39, 0.29) is 0 Å². The van der Waals surface area contributed by atoms with Gasteiger partial charge in [-0.15, -0.1) is 0 Å². The zero-order chi connectivity index (χ0) is 12.0. The van der Waals surface area contributed by atoms with Gasteiger partial charge in [0.05, 0.1) is 0 Å². The Morgan fingerprint density at radius 3 is 2.19 bits per heavy atom. The van der Waals surface area contributed by atoms with Crippen molar-refractivity contribution < 1.29 is 0 Å². The number of hydrogen-bond donors (Lipinski definition) is 1. The summed E-state index contributed by atoms with van der Waals surface area (Å²) < 4.78 is 0. The van der Waals surface area contributed by atoms with Crippen LogP contribution in [0.3, 0.4) is 0 Å². The minimum atomic E-state index is 0.501. The Labute approximate surface area is 100 Å². The normalized spacial score (nSPS) is 14.8. The predicted octanol–water partition coefficient (Wildman–Crippen LogP) is 3.95. The zero-order valence-electron chi connectivity index (χ0n) is 11.1. The van der Waals surface area contributed by atoms with Crippen LogP contribution in [-0.2, 0) is 6.42 Å². The Balaban J connectivity index is 2.70. The molecule has 0 aromatic heterocycles. The van der Waals surface area contributed by atoms with E-state index in [2.05, 4.69) is 57.4 Å². The van der Waals surface area contributed by atoms with Crippen LogP contribution < -0.4 is 5.32 Å². The number of aryl methyl sites for hydroxylation is 1. The second-order valence-corrected chi connectivity index (χ2v) is 4.69. The van der Waals surface area contributed by atoms with Gasteiger partial charge in [0.25, 0.3) is 0 Å². The van der Waals surface area contributed by atoms with Gasteiger partial charge in [-0.2, -0.15) is 0 Å². The van der Waals surface area contributed by atoms with Gasteiger partial charge in [-0.1, -0.05) is 51.5 Å². The van der Waals surface area contributed by atoms with Crippen LogP contribution >= 0.6 is 0 Å². The number of rotatable bonds is 6. The largest absolute Gasteiger partial charge is 0.313 e. The van der Waals surface area contributed by atoms with Crippen molar-refractivity contribution in [2.45, 2.75) is 46.1 Å². The van der Waals surface area contributed by atoms with E-state index in [1.165, 1.54) is 24.0 Å². The highest BCUT2D eigenvalue weighted by Crippen LogP contribution is 2.23. The van der Waals surface area contributed by atoms with Crippen LogP contribution in [0.25, 0.3) is 0 Å². The van der Waals surface area contributed by atoms with Gasteiger partial charge in [-0.25, -0.2) is 0 Å². The molecule has 2 unspecified atom stereocenters. The molecule has 1 nitrogen and oxygen atoms in total. The highest BCUT2D eigenvalue weighted by Gasteiger charge is 2.12. The number of benzene rings is 1. The van der Waals surface area contributed by atoms with E-state index in [1.54, 1.807) is 0 Å². The molecule has 1 N–H and O–H groups in total. The fourth-order valence-corrected chi connectivity index (χ4v) is 1.98. The molecule has 0 radical (unpaired) electrons. The second-order valence-electron chi connectivity index (χ2n) is 4.69. The molecule has 1 aromatic rings. The molecule has 0 saturated heterocycles.